The minimum absolute atomic E-state index is 0.0946. The van der Waals surface area contributed by atoms with Gasteiger partial charge in [-0.25, -0.2) is 21.8 Å². The number of anilines is 1. The molecule has 0 aliphatic carbocycles. The first kappa shape index (κ1) is 16.7. The van der Waals surface area contributed by atoms with Crippen LogP contribution in [0.3, 0.4) is 0 Å². The second kappa shape index (κ2) is 5.45. The second-order valence-corrected chi connectivity index (χ2v) is 9.69. The van der Waals surface area contributed by atoms with E-state index >= 15 is 0 Å². The summed E-state index contributed by atoms with van der Waals surface area (Å²) in [5, 5.41) is 0.842. The lowest BCUT2D eigenvalue weighted by molar-refractivity contribution is 0.547. The molecule has 1 aromatic carbocycles. The molecule has 7 nitrogen and oxygen atoms in total. The summed E-state index contributed by atoms with van der Waals surface area (Å²) in [5.74, 6) is 0.578. The van der Waals surface area contributed by atoms with Gasteiger partial charge in [0, 0.05) is 18.1 Å². The predicted molar refractivity (Wildman–Crippen MR) is 92.4 cm³/mol. The molecule has 1 N–H and O–H groups in total. The lowest BCUT2D eigenvalue weighted by Crippen LogP contribution is -2.29. The summed E-state index contributed by atoms with van der Waals surface area (Å²) in [6.07, 6.45) is 1.98. The molecular weight excluding hydrogens is 352 g/mol. The fourth-order valence-electron chi connectivity index (χ4n) is 2.65. The Bertz CT molecular complexity index is 1040. The van der Waals surface area contributed by atoms with E-state index in [1.165, 1.54) is 0 Å². The summed E-state index contributed by atoms with van der Waals surface area (Å²) >= 11 is 0. The van der Waals surface area contributed by atoms with Crippen molar-refractivity contribution in [1.82, 2.24) is 0 Å². The molecule has 0 spiro atoms. The highest BCUT2D eigenvalue weighted by Gasteiger charge is 2.38. The van der Waals surface area contributed by atoms with Gasteiger partial charge in [-0.1, -0.05) is 30.3 Å². The molecule has 1 aliphatic heterocycles. The Morgan fingerprint density at radius 1 is 1.08 bits per heavy atom. The van der Waals surface area contributed by atoms with Gasteiger partial charge in [-0.2, -0.15) is 0 Å². The molecule has 1 aliphatic rings. The van der Waals surface area contributed by atoms with Crippen molar-refractivity contribution in [2.45, 2.75) is 12.3 Å². The number of benzene rings is 1. The Labute approximate surface area is 140 Å². The highest BCUT2D eigenvalue weighted by molar-refractivity contribution is 8.06. The highest BCUT2D eigenvalue weighted by atomic mass is 32.2. The lowest BCUT2D eigenvalue weighted by Gasteiger charge is -2.20. The van der Waals surface area contributed by atoms with Crippen molar-refractivity contribution in [3.8, 4) is 11.1 Å². The summed E-state index contributed by atoms with van der Waals surface area (Å²) in [6.45, 7) is 1.70. The third-order valence-electron chi connectivity index (χ3n) is 3.64. The van der Waals surface area contributed by atoms with Gasteiger partial charge in [-0.3, -0.25) is 0 Å². The summed E-state index contributed by atoms with van der Waals surface area (Å²) < 4.78 is 53.7. The van der Waals surface area contributed by atoms with E-state index in [1.807, 2.05) is 30.3 Å². The van der Waals surface area contributed by atoms with Crippen molar-refractivity contribution in [2.75, 3.05) is 17.8 Å². The normalized spacial score (nSPS) is 17.8. The second-order valence-electron chi connectivity index (χ2n) is 5.66. The first-order valence-corrected chi connectivity index (χ1v) is 10.9. The molecule has 9 heteroatoms. The Kier molecular flexibility index (Phi) is 3.80. The lowest BCUT2D eigenvalue weighted by atomic mass is 10.0. The van der Waals surface area contributed by atoms with Crippen LogP contribution in [0, 0.1) is 6.92 Å². The van der Waals surface area contributed by atoms with E-state index in [1.54, 1.807) is 6.92 Å². The third kappa shape index (κ3) is 2.84. The van der Waals surface area contributed by atoms with Gasteiger partial charge in [-0.15, -0.1) is 0 Å². The number of hydrogen-bond donors (Lipinski definition) is 1. The molecule has 1 atom stereocenters. The summed E-state index contributed by atoms with van der Waals surface area (Å²) in [4.78, 5) is 3.93. The van der Waals surface area contributed by atoms with Gasteiger partial charge >= 0.3 is 0 Å². The van der Waals surface area contributed by atoms with E-state index in [2.05, 4.69) is 10.3 Å². The van der Waals surface area contributed by atoms with Crippen LogP contribution in [0.2, 0.25) is 0 Å². The number of fused-ring (bicyclic) bond motifs is 1. The molecule has 0 radical (unpaired) electrons. The number of amidine groups is 1. The standard InChI is InChI=1S/C15H16N2O5S2/c1-9-11(10-7-5-4-6-8-10)12-13(22-9)16-15(24(3,20)21)17-14(12)23(2,18)19/h4-8,14H,1-3H3,(H,16,17). The topological polar surface area (TPSA) is 106 Å². The number of nitrogens with one attached hydrogen (secondary N) is 1. The van der Waals surface area contributed by atoms with Crippen LogP contribution in [0.4, 0.5) is 5.88 Å². The summed E-state index contributed by atoms with van der Waals surface area (Å²) in [5.41, 5.74) is 1.70. The van der Waals surface area contributed by atoms with Crippen LogP contribution in [0.5, 0.6) is 0 Å². The number of rotatable bonds is 2. The van der Waals surface area contributed by atoms with E-state index < -0.39 is 30.2 Å². The average molecular weight is 368 g/mol. The van der Waals surface area contributed by atoms with Crippen LogP contribution in [0.15, 0.2) is 39.7 Å². The van der Waals surface area contributed by atoms with Crippen LogP contribution < -0.4 is 5.32 Å². The number of hydrogen-bond acceptors (Lipinski definition) is 7. The van der Waals surface area contributed by atoms with Gasteiger partial charge in [0.1, 0.15) is 5.76 Å². The maximum atomic E-state index is 12.2. The minimum Gasteiger partial charge on any atom is -0.445 e. The fraction of sp³-hybridized carbons (Fsp3) is 0.267. The van der Waals surface area contributed by atoms with E-state index in [9.17, 15) is 16.8 Å². The molecule has 128 valence electrons. The van der Waals surface area contributed by atoms with E-state index in [0.29, 0.717) is 16.9 Å². The molecule has 0 saturated heterocycles. The SMILES string of the molecule is Cc1oc2c(c1-c1ccccc1)C(S(C)(=O)=O)N=C(S(C)(=O)=O)N2. The van der Waals surface area contributed by atoms with Gasteiger partial charge in [0.15, 0.2) is 15.2 Å². The molecular formula is C15H16N2O5S2. The first-order chi connectivity index (χ1) is 11.1. The zero-order chi connectivity index (χ0) is 17.7. The molecule has 1 unspecified atom stereocenters. The van der Waals surface area contributed by atoms with E-state index in [-0.39, 0.29) is 5.88 Å². The molecule has 1 aromatic heterocycles. The monoisotopic (exact) mass is 368 g/mol. The molecule has 3 rings (SSSR count). The first-order valence-electron chi connectivity index (χ1n) is 7.01. The Balaban J connectivity index is 2.30. The maximum Gasteiger partial charge on any atom is 0.224 e. The van der Waals surface area contributed by atoms with E-state index in [0.717, 1.165) is 18.1 Å². The van der Waals surface area contributed by atoms with Crippen LogP contribution in [-0.4, -0.2) is 34.5 Å². The summed E-state index contributed by atoms with van der Waals surface area (Å²) in [6, 6.07) is 9.15. The molecule has 0 fully saturated rings. The number of nitrogens with zero attached hydrogens (tertiary/aromatic N) is 1. The third-order valence-corrected chi connectivity index (χ3v) is 5.70. The fourth-order valence-corrected chi connectivity index (χ4v) is 4.24. The molecule has 2 heterocycles. The smallest absolute Gasteiger partial charge is 0.224 e. The van der Waals surface area contributed by atoms with E-state index in [4.69, 9.17) is 4.42 Å². The molecule has 0 bridgehead atoms. The molecule has 2 aromatic rings. The molecule has 0 saturated carbocycles. The number of aryl methyl sites for hydroxylation is 1. The summed E-state index contributed by atoms with van der Waals surface area (Å²) in [7, 11) is -7.42. The quantitative estimate of drug-likeness (QED) is 0.870. The Morgan fingerprint density at radius 3 is 2.25 bits per heavy atom. The van der Waals surface area contributed by atoms with Crippen LogP contribution in [-0.2, 0) is 19.7 Å². The Hall–Kier alpha value is -2.13. The number of furan rings is 1. The average Bonchev–Trinajstić information content (AvgIpc) is 2.80. The largest absolute Gasteiger partial charge is 0.445 e. The number of sulfone groups is 2. The zero-order valence-corrected chi connectivity index (χ0v) is 14.9. The molecule has 24 heavy (non-hydrogen) atoms. The van der Waals surface area contributed by atoms with Crippen molar-refractivity contribution < 1.29 is 21.3 Å². The van der Waals surface area contributed by atoms with Crippen molar-refractivity contribution >= 4 is 30.7 Å². The highest BCUT2D eigenvalue weighted by Crippen LogP contribution is 2.44. The van der Waals surface area contributed by atoms with Crippen molar-refractivity contribution in [1.29, 1.82) is 0 Å². The van der Waals surface area contributed by atoms with Crippen molar-refractivity contribution in [2.24, 2.45) is 4.99 Å². The zero-order valence-electron chi connectivity index (χ0n) is 13.3. The Morgan fingerprint density at radius 2 is 1.71 bits per heavy atom. The van der Waals surface area contributed by atoms with Crippen molar-refractivity contribution in [3.05, 3.63) is 41.7 Å². The van der Waals surface area contributed by atoms with Crippen molar-refractivity contribution in [3.63, 3.8) is 0 Å². The molecule has 0 amide bonds. The number of aliphatic imine (C=N–C) groups is 1. The van der Waals surface area contributed by atoms with Gasteiger partial charge in [0.2, 0.25) is 20.9 Å². The van der Waals surface area contributed by atoms with Gasteiger partial charge in [0.25, 0.3) is 0 Å². The predicted octanol–water partition coefficient (Wildman–Crippen LogP) is 2.12. The van der Waals surface area contributed by atoms with Gasteiger partial charge in [0.05, 0.1) is 5.56 Å². The minimum atomic E-state index is -3.72. The van der Waals surface area contributed by atoms with Crippen LogP contribution in [0.25, 0.3) is 11.1 Å². The maximum absolute atomic E-state index is 12.2. The van der Waals surface area contributed by atoms with Crippen LogP contribution in [0.1, 0.15) is 16.7 Å². The van der Waals surface area contributed by atoms with Crippen LogP contribution >= 0.6 is 0 Å². The van der Waals surface area contributed by atoms with Gasteiger partial charge in [-0.05, 0) is 12.5 Å². The van der Waals surface area contributed by atoms with Gasteiger partial charge < -0.3 is 9.73 Å².